The van der Waals surface area contributed by atoms with E-state index in [1.807, 2.05) is 49.4 Å². The zero-order valence-electron chi connectivity index (χ0n) is 15.5. The molecule has 0 bridgehead atoms. The summed E-state index contributed by atoms with van der Waals surface area (Å²) in [5.41, 5.74) is 2.36. The van der Waals surface area contributed by atoms with Crippen LogP contribution in [0.1, 0.15) is 37.8 Å². The van der Waals surface area contributed by atoms with E-state index >= 15 is 0 Å². The van der Waals surface area contributed by atoms with Crippen LogP contribution in [0.3, 0.4) is 0 Å². The zero-order valence-corrected chi connectivity index (χ0v) is 15.5. The molecule has 2 aromatic carbocycles. The number of ether oxygens (including phenoxy) is 3. The summed E-state index contributed by atoms with van der Waals surface area (Å²) in [6.07, 6.45) is 6.93. The summed E-state index contributed by atoms with van der Waals surface area (Å²) in [5.74, 6) is 2.55. The van der Waals surface area contributed by atoms with Gasteiger partial charge in [0, 0.05) is 0 Å². The first kappa shape index (κ1) is 18.9. The number of rotatable bonds is 10. The van der Waals surface area contributed by atoms with E-state index in [0.717, 1.165) is 42.1 Å². The highest BCUT2D eigenvalue weighted by atomic mass is 16.5. The van der Waals surface area contributed by atoms with Gasteiger partial charge in [-0.1, -0.05) is 43.3 Å². The molecule has 0 aliphatic rings. The smallest absolute Gasteiger partial charge is 0.161 e. The molecule has 0 heterocycles. The third-order valence-corrected chi connectivity index (χ3v) is 3.95. The van der Waals surface area contributed by atoms with Crippen LogP contribution in [-0.2, 0) is 6.42 Å². The molecule has 0 fully saturated rings. The Morgan fingerprint density at radius 1 is 0.880 bits per heavy atom. The lowest BCUT2D eigenvalue weighted by Gasteiger charge is -2.12. The van der Waals surface area contributed by atoms with E-state index in [4.69, 9.17) is 14.2 Å². The molecule has 134 valence electrons. The quantitative estimate of drug-likeness (QED) is 0.532. The summed E-state index contributed by atoms with van der Waals surface area (Å²) in [6, 6.07) is 14.2. The molecule has 0 N–H and O–H groups in total. The Labute approximate surface area is 151 Å². The van der Waals surface area contributed by atoms with Crippen LogP contribution in [0.2, 0.25) is 0 Å². The average Bonchev–Trinajstić information content (AvgIpc) is 2.65. The van der Waals surface area contributed by atoms with Crippen LogP contribution in [0.15, 0.2) is 48.5 Å². The van der Waals surface area contributed by atoms with Gasteiger partial charge in [0.1, 0.15) is 5.75 Å². The van der Waals surface area contributed by atoms with Gasteiger partial charge in [0.25, 0.3) is 0 Å². The molecule has 0 saturated heterocycles. The van der Waals surface area contributed by atoms with Crippen LogP contribution in [0, 0.1) is 0 Å². The maximum Gasteiger partial charge on any atom is 0.161 e. The predicted molar refractivity (Wildman–Crippen MR) is 104 cm³/mol. The van der Waals surface area contributed by atoms with E-state index in [-0.39, 0.29) is 0 Å². The van der Waals surface area contributed by atoms with Gasteiger partial charge in [0.05, 0.1) is 20.3 Å². The number of para-hydroxylation sites is 1. The summed E-state index contributed by atoms with van der Waals surface area (Å²) in [4.78, 5) is 0. The molecule has 0 aliphatic carbocycles. The molecule has 0 radical (unpaired) electrons. The molecule has 3 nitrogen and oxygen atoms in total. The molecular weight excluding hydrogens is 312 g/mol. The summed E-state index contributed by atoms with van der Waals surface area (Å²) in [6.45, 7) is 5.50. The highest BCUT2D eigenvalue weighted by Crippen LogP contribution is 2.28. The lowest BCUT2D eigenvalue weighted by Crippen LogP contribution is -2.04. The largest absolute Gasteiger partial charge is 0.493 e. The summed E-state index contributed by atoms with van der Waals surface area (Å²) in [5, 5.41) is 0. The van der Waals surface area contributed by atoms with Crippen LogP contribution in [0.25, 0.3) is 6.08 Å². The van der Waals surface area contributed by atoms with Crippen LogP contribution in [0.5, 0.6) is 17.2 Å². The molecule has 0 spiro atoms. The summed E-state index contributed by atoms with van der Waals surface area (Å²) < 4.78 is 17.1. The number of benzene rings is 2. The molecule has 0 atom stereocenters. The molecule has 25 heavy (non-hydrogen) atoms. The Balaban J connectivity index is 1.74. The average molecular weight is 340 g/mol. The molecule has 0 saturated carbocycles. The summed E-state index contributed by atoms with van der Waals surface area (Å²) >= 11 is 0. The van der Waals surface area contributed by atoms with E-state index in [1.54, 1.807) is 7.11 Å². The van der Waals surface area contributed by atoms with Crippen molar-refractivity contribution in [2.75, 3.05) is 20.3 Å². The van der Waals surface area contributed by atoms with E-state index in [0.29, 0.717) is 13.2 Å². The Hall–Kier alpha value is -2.42. The van der Waals surface area contributed by atoms with E-state index in [1.165, 1.54) is 5.56 Å². The second-order valence-electron chi connectivity index (χ2n) is 5.78. The standard InChI is InChI=1S/C22H28O3/c1-4-10-18-13-14-21(22(17-18)23-3)25-16-9-8-15-24-20-12-7-6-11-19(20)5-2/h4,6-7,10-14,17H,5,8-9,15-16H2,1-3H3/b10-4+. The second kappa shape index (κ2) is 10.4. The normalized spacial score (nSPS) is 10.8. The van der Waals surface area contributed by atoms with Gasteiger partial charge in [0.2, 0.25) is 0 Å². The molecule has 2 rings (SSSR count). The lowest BCUT2D eigenvalue weighted by molar-refractivity contribution is 0.257. The number of unbranched alkanes of at least 4 members (excludes halogenated alkanes) is 1. The van der Waals surface area contributed by atoms with Crippen LogP contribution >= 0.6 is 0 Å². The summed E-state index contributed by atoms with van der Waals surface area (Å²) in [7, 11) is 1.67. The predicted octanol–water partition coefficient (Wildman–Crippen LogP) is 5.53. The van der Waals surface area contributed by atoms with E-state index < -0.39 is 0 Å². The molecular formula is C22H28O3. The van der Waals surface area contributed by atoms with Gasteiger partial charge in [-0.3, -0.25) is 0 Å². The van der Waals surface area contributed by atoms with Crippen molar-refractivity contribution in [2.45, 2.75) is 33.1 Å². The van der Waals surface area contributed by atoms with Crippen molar-refractivity contribution in [3.05, 3.63) is 59.7 Å². The minimum absolute atomic E-state index is 0.651. The van der Waals surface area contributed by atoms with E-state index in [9.17, 15) is 0 Å². The SMILES string of the molecule is C/C=C/c1ccc(OCCCCOc2ccccc2CC)c(OC)c1. The van der Waals surface area contributed by atoms with Gasteiger partial charge >= 0.3 is 0 Å². The van der Waals surface area contributed by atoms with Gasteiger partial charge in [0.15, 0.2) is 11.5 Å². The number of aryl methyl sites for hydroxylation is 1. The monoisotopic (exact) mass is 340 g/mol. The molecule has 0 amide bonds. The van der Waals surface area contributed by atoms with Crippen molar-refractivity contribution in [1.82, 2.24) is 0 Å². The Kier molecular flexibility index (Phi) is 7.90. The second-order valence-corrected chi connectivity index (χ2v) is 5.78. The minimum Gasteiger partial charge on any atom is -0.493 e. The maximum atomic E-state index is 5.88. The van der Waals surface area contributed by atoms with Crippen LogP contribution in [0.4, 0.5) is 0 Å². The fraction of sp³-hybridized carbons (Fsp3) is 0.364. The van der Waals surface area contributed by atoms with Gasteiger partial charge < -0.3 is 14.2 Å². The molecule has 3 heteroatoms. The molecule has 0 aliphatic heterocycles. The van der Waals surface area contributed by atoms with Crippen LogP contribution < -0.4 is 14.2 Å². The minimum atomic E-state index is 0.651. The first-order valence-electron chi connectivity index (χ1n) is 8.92. The molecule has 0 unspecified atom stereocenters. The first-order valence-corrected chi connectivity index (χ1v) is 8.92. The van der Waals surface area contributed by atoms with Crippen LogP contribution in [-0.4, -0.2) is 20.3 Å². The highest BCUT2D eigenvalue weighted by Gasteiger charge is 2.05. The van der Waals surface area contributed by atoms with E-state index in [2.05, 4.69) is 19.1 Å². The Bertz CT molecular complexity index is 677. The van der Waals surface area contributed by atoms with Crippen molar-refractivity contribution in [2.24, 2.45) is 0 Å². The number of methoxy groups -OCH3 is 1. The number of allylic oxidation sites excluding steroid dienone is 1. The van der Waals surface area contributed by atoms with Gasteiger partial charge in [-0.25, -0.2) is 0 Å². The Morgan fingerprint density at radius 2 is 1.60 bits per heavy atom. The molecule has 0 aromatic heterocycles. The number of hydrogen-bond donors (Lipinski definition) is 0. The van der Waals surface area contributed by atoms with Gasteiger partial charge in [-0.15, -0.1) is 0 Å². The topological polar surface area (TPSA) is 27.7 Å². The van der Waals surface area contributed by atoms with Gasteiger partial charge in [-0.05, 0) is 55.5 Å². The van der Waals surface area contributed by atoms with Crippen molar-refractivity contribution >= 4 is 6.08 Å². The van der Waals surface area contributed by atoms with Crippen molar-refractivity contribution in [1.29, 1.82) is 0 Å². The van der Waals surface area contributed by atoms with Crippen molar-refractivity contribution in [3.63, 3.8) is 0 Å². The zero-order chi connectivity index (χ0) is 17.9. The third kappa shape index (κ3) is 5.86. The fourth-order valence-electron chi connectivity index (χ4n) is 2.60. The fourth-order valence-corrected chi connectivity index (χ4v) is 2.60. The highest BCUT2D eigenvalue weighted by molar-refractivity contribution is 5.55. The maximum absolute atomic E-state index is 5.88. The van der Waals surface area contributed by atoms with Crippen molar-refractivity contribution in [3.8, 4) is 17.2 Å². The Morgan fingerprint density at radius 3 is 2.28 bits per heavy atom. The van der Waals surface area contributed by atoms with Crippen molar-refractivity contribution < 1.29 is 14.2 Å². The first-order chi connectivity index (χ1) is 12.3. The lowest BCUT2D eigenvalue weighted by atomic mass is 10.1. The van der Waals surface area contributed by atoms with Gasteiger partial charge in [-0.2, -0.15) is 0 Å². The molecule has 2 aromatic rings. The third-order valence-electron chi connectivity index (χ3n) is 3.95. The number of hydrogen-bond acceptors (Lipinski definition) is 3.